The molecular weight excluding hydrogens is 549 g/mol. The summed E-state index contributed by atoms with van der Waals surface area (Å²) in [6.45, 7) is 4.43. The second kappa shape index (κ2) is 13.1. The van der Waals surface area contributed by atoms with Crippen molar-refractivity contribution in [2.75, 3.05) is 44.7 Å². The number of allylic oxidation sites excluding steroid dienone is 2. The van der Waals surface area contributed by atoms with E-state index in [2.05, 4.69) is 25.2 Å². The summed E-state index contributed by atoms with van der Waals surface area (Å²) < 4.78 is 48.5. The molecule has 14 heteroatoms. The second-order valence-electron chi connectivity index (χ2n) is 9.20. The Morgan fingerprint density at radius 3 is 2.65 bits per heavy atom. The van der Waals surface area contributed by atoms with Crippen molar-refractivity contribution >= 4 is 40.0 Å². The highest BCUT2D eigenvalue weighted by Crippen LogP contribution is 2.32. The van der Waals surface area contributed by atoms with Crippen LogP contribution in [0.2, 0.25) is 0 Å². The number of carbonyl (C=O) groups excluding carboxylic acids is 3. The third-order valence-corrected chi connectivity index (χ3v) is 7.11. The monoisotopic (exact) mass is 578 g/mol. The van der Waals surface area contributed by atoms with Crippen LogP contribution in [0.1, 0.15) is 44.8 Å². The molecule has 0 radical (unpaired) electrons. The number of amides is 4. The van der Waals surface area contributed by atoms with Crippen LogP contribution >= 0.6 is 11.5 Å². The number of urea groups is 1. The number of aromatic nitrogens is 1. The van der Waals surface area contributed by atoms with Crippen molar-refractivity contribution in [3.63, 3.8) is 0 Å². The summed E-state index contributed by atoms with van der Waals surface area (Å²) in [5.41, 5.74) is 5.50. The van der Waals surface area contributed by atoms with Gasteiger partial charge in [0.25, 0.3) is 11.8 Å². The third-order valence-electron chi connectivity index (χ3n) is 6.35. The molecule has 1 aliphatic heterocycles. The number of carbonyl (C=O) groups is 3. The molecule has 2 aromatic rings. The molecule has 4 rings (SSSR count). The fraction of sp³-hybridized carbons (Fsp3) is 0.385. The van der Waals surface area contributed by atoms with Gasteiger partial charge in [-0.1, -0.05) is 24.3 Å². The van der Waals surface area contributed by atoms with Gasteiger partial charge in [-0.3, -0.25) is 19.8 Å². The number of nitrogens with one attached hydrogen (secondary N) is 3. The van der Waals surface area contributed by atoms with Gasteiger partial charge in [0, 0.05) is 25.2 Å². The van der Waals surface area contributed by atoms with Gasteiger partial charge in [-0.2, -0.15) is 17.5 Å². The van der Waals surface area contributed by atoms with E-state index in [-0.39, 0.29) is 16.1 Å². The Morgan fingerprint density at radius 2 is 1.98 bits per heavy atom. The summed E-state index contributed by atoms with van der Waals surface area (Å²) in [6.07, 6.45) is 1.53. The molecule has 1 unspecified atom stereocenters. The molecule has 4 amide bonds. The summed E-state index contributed by atoms with van der Waals surface area (Å²) in [6, 6.07) is 3.22. The molecular formula is C26H29F3N6O4S. The van der Waals surface area contributed by atoms with Gasteiger partial charge in [0.2, 0.25) is 0 Å². The first-order valence-electron chi connectivity index (χ1n) is 12.6. The Morgan fingerprint density at radius 1 is 1.20 bits per heavy atom. The van der Waals surface area contributed by atoms with Crippen LogP contribution in [0, 0.1) is 0 Å². The summed E-state index contributed by atoms with van der Waals surface area (Å²) in [4.78, 5) is 39.4. The first kappa shape index (κ1) is 29.2. The van der Waals surface area contributed by atoms with Crippen LogP contribution in [0.5, 0.6) is 0 Å². The van der Waals surface area contributed by atoms with Gasteiger partial charge >= 0.3 is 12.2 Å². The Hall–Kier alpha value is -3.75. The molecule has 0 spiro atoms. The van der Waals surface area contributed by atoms with Crippen molar-refractivity contribution in [3.05, 3.63) is 64.9 Å². The number of halogens is 3. The minimum atomic E-state index is -4.55. The zero-order valence-electron chi connectivity index (χ0n) is 21.4. The number of ether oxygens (including phenoxy) is 1. The standard InChI is InChI=1S/C26H29F3N6O4S/c27-26(28,29)18-4-1-3-17(15-18)23(37)32-19-7-5-16(6-8-19)21-20(22(30)36)24(40-34-21)33-25(38)31-9-2-10-35-11-13-39-14-12-35/h1,3-7,15,19H,2,8-14H2,(H2,30,36)(H,32,37)(H2,31,33,38). The molecule has 40 heavy (non-hydrogen) atoms. The van der Waals surface area contributed by atoms with Crippen LogP contribution in [0.25, 0.3) is 5.57 Å². The van der Waals surface area contributed by atoms with Gasteiger partial charge in [-0.05, 0) is 54.7 Å². The number of alkyl halides is 3. The number of rotatable bonds is 9. The van der Waals surface area contributed by atoms with Crippen molar-refractivity contribution in [1.82, 2.24) is 19.9 Å². The normalized spacial score (nSPS) is 17.7. The lowest BCUT2D eigenvalue weighted by atomic mass is 9.98. The highest BCUT2D eigenvalue weighted by atomic mass is 32.1. The predicted octanol–water partition coefficient (Wildman–Crippen LogP) is 3.25. The molecule has 1 aromatic carbocycles. The molecule has 1 saturated heterocycles. The molecule has 214 valence electrons. The summed E-state index contributed by atoms with van der Waals surface area (Å²) in [7, 11) is 0. The number of anilines is 1. The lowest BCUT2D eigenvalue weighted by molar-refractivity contribution is -0.137. The van der Waals surface area contributed by atoms with Gasteiger partial charge in [-0.15, -0.1) is 0 Å². The number of hydrogen-bond donors (Lipinski definition) is 4. The number of nitrogens with two attached hydrogens (primary N) is 1. The lowest BCUT2D eigenvalue weighted by Gasteiger charge is -2.26. The van der Waals surface area contributed by atoms with E-state index in [1.807, 2.05) is 0 Å². The van der Waals surface area contributed by atoms with Gasteiger partial charge < -0.3 is 21.1 Å². The zero-order chi connectivity index (χ0) is 28.7. The summed E-state index contributed by atoms with van der Waals surface area (Å²) in [5, 5.41) is 8.29. The van der Waals surface area contributed by atoms with Gasteiger partial charge in [0.05, 0.1) is 30.5 Å². The quantitative estimate of drug-likeness (QED) is 0.337. The van der Waals surface area contributed by atoms with Gasteiger partial charge in [-0.25, -0.2) is 4.79 Å². The number of morpholine rings is 1. The van der Waals surface area contributed by atoms with E-state index in [9.17, 15) is 27.6 Å². The van der Waals surface area contributed by atoms with E-state index in [0.29, 0.717) is 37.4 Å². The Kier molecular flexibility index (Phi) is 9.55. The Bertz CT molecular complexity index is 1300. The van der Waals surface area contributed by atoms with Crippen LogP contribution in [0.15, 0.2) is 42.5 Å². The molecule has 2 heterocycles. The first-order chi connectivity index (χ1) is 19.1. The van der Waals surface area contributed by atoms with E-state index in [1.54, 1.807) is 18.2 Å². The highest BCUT2D eigenvalue weighted by Gasteiger charge is 2.31. The van der Waals surface area contributed by atoms with Crippen molar-refractivity contribution in [2.45, 2.75) is 25.1 Å². The lowest BCUT2D eigenvalue weighted by Crippen LogP contribution is -2.38. The van der Waals surface area contributed by atoms with Crippen molar-refractivity contribution in [2.24, 2.45) is 5.73 Å². The van der Waals surface area contributed by atoms with Crippen LogP contribution in [0.4, 0.5) is 23.0 Å². The number of nitrogens with zero attached hydrogens (tertiary/aromatic N) is 2. The fourth-order valence-corrected chi connectivity index (χ4v) is 5.08. The molecule has 1 fully saturated rings. The third kappa shape index (κ3) is 7.67. The van der Waals surface area contributed by atoms with E-state index in [0.717, 1.165) is 49.7 Å². The van der Waals surface area contributed by atoms with E-state index < -0.39 is 35.6 Å². The molecule has 2 aliphatic rings. The number of primary amides is 1. The van der Waals surface area contributed by atoms with E-state index >= 15 is 0 Å². The van der Waals surface area contributed by atoms with Crippen LogP contribution in [-0.2, 0) is 10.9 Å². The molecule has 10 nitrogen and oxygen atoms in total. The summed E-state index contributed by atoms with van der Waals surface area (Å²) >= 11 is 0.919. The van der Waals surface area contributed by atoms with Gasteiger partial charge in [0.15, 0.2) is 0 Å². The summed E-state index contributed by atoms with van der Waals surface area (Å²) in [5.74, 6) is -1.41. The molecule has 5 N–H and O–H groups in total. The molecule has 0 bridgehead atoms. The SMILES string of the molecule is NC(=O)c1c(C2=CCC(NC(=O)c3cccc(C(F)(F)F)c3)C=C2)nsc1NC(=O)NCCCN1CCOCC1. The Balaban J connectivity index is 1.32. The largest absolute Gasteiger partial charge is 0.416 e. The maximum Gasteiger partial charge on any atom is 0.416 e. The second-order valence-corrected chi connectivity index (χ2v) is 9.97. The molecule has 1 atom stereocenters. The molecule has 1 aromatic heterocycles. The van der Waals surface area contributed by atoms with Crippen molar-refractivity contribution in [1.29, 1.82) is 0 Å². The van der Waals surface area contributed by atoms with Crippen LogP contribution in [0.3, 0.4) is 0 Å². The molecule has 0 saturated carbocycles. The number of hydrogen-bond acceptors (Lipinski definition) is 7. The van der Waals surface area contributed by atoms with Gasteiger partial charge in [0.1, 0.15) is 10.6 Å². The van der Waals surface area contributed by atoms with Crippen LogP contribution in [-0.4, -0.2) is 72.6 Å². The predicted molar refractivity (Wildman–Crippen MR) is 144 cm³/mol. The Labute approximate surface area is 232 Å². The van der Waals surface area contributed by atoms with E-state index in [1.165, 1.54) is 12.1 Å². The van der Waals surface area contributed by atoms with Crippen LogP contribution < -0.4 is 21.7 Å². The minimum absolute atomic E-state index is 0.0656. The average molecular weight is 579 g/mol. The minimum Gasteiger partial charge on any atom is -0.379 e. The zero-order valence-corrected chi connectivity index (χ0v) is 22.2. The highest BCUT2D eigenvalue weighted by molar-refractivity contribution is 7.11. The first-order valence-corrected chi connectivity index (χ1v) is 13.4. The topological polar surface area (TPSA) is 139 Å². The maximum absolute atomic E-state index is 13.0. The molecule has 1 aliphatic carbocycles. The maximum atomic E-state index is 13.0. The number of benzene rings is 1. The van der Waals surface area contributed by atoms with Crippen molar-refractivity contribution in [3.8, 4) is 0 Å². The van der Waals surface area contributed by atoms with E-state index in [4.69, 9.17) is 10.5 Å². The average Bonchev–Trinajstić information content (AvgIpc) is 3.35. The fourth-order valence-electron chi connectivity index (χ4n) is 4.27. The van der Waals surface area contributed by atoms with Crippen molar-refractivity contribution < 1.29 is 32.3 Å². The smallest absolute Gasteiger partial charge is 0.379 e.